The standard InChI is InChI=1S/C17H25N3O4/c1-12-10-20(11-13(2)24-12)15-7-5-4-6-14(15)18-17(23)19(3)9-8-16(21)22/h4-7,12-13H,8-11H2,1-3H3,(H,18,23)(H,21,22). The molecule has 24 heavy (non-hydrogen) atoms. The lowest BCUT2D eigenvalue weighted by Crippen LogP contribution is -2.46. The highest BCUT2D eigenvalue weighted by molar-refractivity contribution is 5.93. The highest BCUT2D eigenvalue weighted by atomic mass is 16.5. The number of benzene rings is 1. The van der Waals surface area contributed by atoms with Crippen LogP contribution in [-0.2, 0) is 9.53 Å². The Morgan fingerprint density at radius 2 is 1.92 bits per heavy atom. The average molecular weight is 335 g/mol. The zero-order valence-electron chi connectivity index (χ0n) is 14.4. The molecule has 1 saturated heterocycles. The maximum absolute atomic E-state index is 12.3. The largest absolute Gasteiger partial charge is 0.481 e. The minimum absolute atomic E-state index is 0.0793. The summed E-state index contributed by atoms with van der Waals surface area (Å²) in [6.45, 7) is 5.74. The van der Waals surface area contributed by atoms with E-state index in [1.54, 1.807) is 7.05 Å². The molecule has 0 aromatic heterocycles. The van der Waals surface area contributed by atoms with Gasteiger partial charge < -0.3 is 25.0 Å². The molecule has 1 aromatic rings. The lowest BCUT2D eigenvalue weighted by Gasteiger charge is -2.37. The van der Waals surface area contributed by atoms with Gasteiger partial charge in [0.25, 0.3) is 0 Å². The smallest absolute Gasteiger partial charge is 0.321 e. The molecule has 0 bridgehead atoms. The van der Waals surface area contributed by atoms with Crippen LogP contribution in [0.1, 0.15) is 20.3 Å². The van der Waals surface area contributed by atoms with Crippen molar-refractivity contribution in [2.45, 2.75) is 32.5 Å². The number of hydrogen-bond acceptors (Lipinski definition) is 4. The Kier molecular flexibility index (Phi) is 6.03. The number of urea groups is 1. The first-order valence-electron chi connectivity index (χ1n) is 8.10. The number of nitrogens with one attached hydrogen (secondary N) is 1. The molecule has 1 heterocycles. The van der Waals surface area contributed by atoms with Gasteiger partial charge in [-0.05, 0) is 26.0 Å². The number of morpholine rings is 1. The van der Waals surface area contributed by atoms with Crippen LogP contribution >= 0.6 is 0 Å². The Balaban J connectivity index is 2.08. The number of aliphatic carboxylic acids is 1. The molecule has 0 spiro atoms. The van der Waals surface area contributed by atoms with Crippen LogP contribution in [0.25, 0.3) is 0 Å². The first-order valence-corrected chi connectivity index (χ1v) is 8.10. The van der Waals surface area contributed by atoms with E-state index in [9.17, 15) is 9.59 Å². The highest BCUT2D eigenvalue weighted by Crippen LogP contribution is 2.28. The van der Waals surface area contributed by atoms with Gasteiger partial charge in [-0.1, -0.05) is 12.1 Å². The average Bonchev–Trinajstić information content (AvgIpc) is 2.52. The number of ether oxygens (including phenoxy) is 1. The number of hydrogen-bond donors (Lipinski definition) is 2. The molecule has 1 aliphatic rings. The van der Waals surface area contributed by atoms with Crippen molar-refractivity contribution in [2.75, 3.05) is 36.9 Å². The van der Waals surface area contributed by atoms with Crippen LogP contribution in [-0.4, -0.2) is 60.9 Å². The van der Waals surface area contributed by atoms with E-state index in [0.29, 0.717) is 5.69 Å². The molecule has 132 valence electrons. The van der Waals surface area contributed by atoms with Crippen LogP contribution in [0.2, 0.25) is 0 Å². The molecule has 2 amide bonds. The summed E-state index contributed by atoms with van der Waals surface area (Å²) in [4.78, 5) is 26.5. The first-order chi connectivity index (χ1) is 11.4. The number of para-hydroxylation sites is 2. The molecule has 2 unspecified atom stereocenters. The van der Waals surface area contributed by atoms with Gasteiger partial charge in [0.1, 0.15) is 0 Å². The maximum atomic E-state index is 12.3. The van der Waals surface area contributed by atoms with Crippen LogP contribution < -0.4 is 10.2 Å². The molecule has 7 nitrogen and oxygen atoms in total. The Morgan fingerprint density at radius 1 is 1.29 bits per heavy atom. The maximum Gasteiger partial charge on any atom is 0.321 e. The van der Waals surface area contributed by atoms with Gasteiger partial charge in [0.05, 0.1) is 30.0 Å². The van der Waals surface area contributed by atoms with E-state index >= 15 is 0 Å². The summed E-state index contributed by atoms with van der Waals surface area (Å²) in [5.74, 6) is -0.925. The molecule has 0 saturated carbocycles. The van der Waals surface area contributed by atoms with Crippen LogP contribution in [0.15, 0.2) is 24.3 Å². The Labute approximate surface area is 142 Å². The van der Waals surface area contributed by atoms with Gasteiger partial charge in [0.2, 0.25) is 0 Å². The van der Waals surface area contributed by atoms with Crippen molar-refractivity contribution in [3.63, 3.8) is 0 Å². The number of carbonyl (C=O) groups is 2. The predicted molar refractivity (Wildman–Crippen MR) is 92.6 cm³/mol. The number of carboxylic acid groups (broad SMARTS) is 1. The van der Waals surface area contributed by atoms with Gasteiger partial charge in [-0.25, -0.2) is 4.79 Å². The zero-order chi connectivity index (χ0) is 17.7. The molecule has 2 rings (SSSR count). The Hall–Kier alpha value is -2.28. The fourth-order valence-corrected chi connectivity index (χ4v) is 2.81. The van der Waals surface area contributed by atoms with Crippen molar-refractivity contribution in [1.29, 1.82) is 0 Å². The molecule has 1 aliphatic heterocycles. The highest BCUT2D eigenvalue weighted by Gasteiger charge is 2.24. The van der Waals surface area contributed by atoms with Gasteiger partial charge >= 0.3 is 12.0 Å². The van der Waals surface area contributed by atoms with Crippen molar-refractivity contribution in [2.24, 2.45) is 0 Å². The number of amides is 2. The van der Waals surface area contributed by atoms with Crippen molar-refractivity contribution >= 4 is 23.4 Å². The molecular formula is C17H25N3O4. The molecule has 2 N–H and O–H groups in total. The number of rotatable bonds is 5. The summed E-state index contributed by atoms with van der Waals surface area (Å²) in [6, 6.07) is 7.30. The number of anilines is 2. The van der Waals surface area contributed by atoms with E-state index in [1.165, 1.54) is 4.90 Å². The first kappa shape index (κ1) is 18.1. The Morgan fingerprint density at radius 3 is 2.54 bits per heavy atom. The second kappa shape index (κ2) is 8.01. The van der Waals surface area contributed by atoms with E-state index in [-0.39, 0.29) is 31.2 Å². The van der Waals surface area contributed by atoms with Gasteiger partial charge in [-0.3, -0.25) is 4.79 Å². The van der Waals surface area contributed by atoms with Crippen LogP contribution in [0.5, 0.6) is 0 Å². The SMILES string of the molecule is CC1CN(c2ccccc2NC(=O)N(C)CCC(=O)O)CC(C)O1. The molecular weight excluding hydrogens is 310 g/mol. The monoisotopic (exact) mass is 335 g/mol. The summed E-state index contributed by atoms with van der Waals surface area (Å²) in [7, 11) is 1.58. The third-order valence-electron chi connectivity index (χ3n) is 3.91. The predicted octanol–water partition coefficient (Wildman–Crippen LogP) is 2.24. The molecule has 7 heteroatoms. The van der Waals surface area contributed by atoms with Gasteiger partial charge in [0.15, 0.2) is 0 Å². The number of nitrogens with zero attached hydrogens (tertiary/aromatic N) is 2. The number of carbonyl (C=O) groups excluding carboxylic acids is 1. The lowest BCUT2D eigenvalue weighted by molar-refractivity contribution is -0.137. The van der Waals surface area contributed by atoms with E-state index in [0.717, 1.165) is 18.8 Å². The molecule has 1 aromatic carbocycles. The minimum atomic E-state index is -0.925. The van der Waals surface area contributed by atoms with Crippen molar-refractivity contribution in [1.82, 2.24) is 4.90 Å². The van der Waals surface area contributed by atoms with E-state index in [4.69, 9.17) is 9.84 Å². The van der Waals surface area contributed by atoms with Crippen molar-refractivity contribution in [3.8, 4) is 0 Å². The van der Waals surface area contributed by atoms with E-state index in [1.807, 2.05) is 38.1 Å². The van der Waals surface area contributed by atoms with Gasteiger partial charge in [-0.15, -0.1) is 0 Å². The second-order valence-electron chi connectivity index (χ2n) is 6.17. The summed E-state index contributed by atoms with van der Waals surface area (Å²) < 4.78 is 5.76. The molecule has 2 atom stereocenters. The third kappa shape index (κ3) is 4.86. The molecule has 1 fully saturated rings. The van der Waals surface area contributed by atoms with E-state index in [2.05, 4.69) is 10.2 Å². The molecule has 0 aliphatic carbocycles. The summed E-state index contributed by atoms with van der Waals surface area (Å²) in [5, 5.41) is 11.6. The van der Waals surface area contributed by atoms with Gasteiger partial charge in [-0.2, -0.15) is 0 Å². The quantitative estimate of drug-likeness (QED) is 0.862. The minimum Gasteiger partial charge on any atom is -0.481 e. The van der Waals surface area contributed by atoms with Crippen molar-refractivity contribution in [3.05, 3.63) is 24.3 Å². The fraction of sp³-hybridized carbons (Fsp3) is 0.529. The summed E-state index contributed by atoms with van der Waals surface area (Å²) in [5.41, 5.74) is 1.66. The topological polar surface area (TPSA) is 82.1 Å². The third-order valence-corrected chi connectivity index (χ3v) is 3.91. The van der Waals surface area contributed by atoms with Crippen molar-refractivity contribution < 1.29 is 19.4 Å². The Bertz CT molecular complexity index is 583. The summed E-state index contributed by atoms with van der Waals surface area (Å²) >= 11 is 0. The summed E-state index contributed by atoms with van der Waals surface area (Å²) in [6.07, 6.45) is 0.163. The van der Waals surface area contributed by atoms with Crippen LogP contribution in [0.3, 0.4) is 0 Å². The van der Waals surface area contributed by atoms with Crippen LogP contribution in [0, 0.1) is 0 Å². The normalized spacial score (nSPS) is 20.5. The van der Waals surface area contributed by atoms with E-state index < -0.39 is 5.97 Å². The van der Waals surface area contributed by atoms with Gasteiger partial charge in [0, 0.05) is 26.7 Å². The fourth-order valence-electron chi connectivity index (χ4n) is 2.81. The molecule has 0 radical (unpaired) electrons. The number of carboxylic acids is 1. The zero-order valence-corrected chi connectivity index (χ0v) is 14.4. The lowest BCUT2D eigenvalue weighted by atomic mass is 10.1. The van der Waals surface area contributed by atoms with Crippen LogP contribution in [0.4, 0.5) is 16.2 Å². The second-order valence-corrected chi connectivity index (χ2v) is 6.17.